The molecule has 3 aliphatic rings. The lowest BCUT2D eigenvalue weighted by Crippen LogP contribution is -2.38. The van der Waals surface area contributed by atoms with Gasteiger partial charge in [-0.05, 0) is 18.6 Å². The summed E-state index contributed by atoms with van der Waals surface area (Å²) in [6.07, 6.45) is 1.82. The van der Waals surface area contributed by atoms with E-state index < -0.39 is 5.92 Å². The summed E-state index contributed by atoms with van der Waals surface area (Å²) < 4.78 is 11.3. The minimum Gasteiger partial charge on any atom is -0.444 e. The molecule has 3 heterocycles. The van der Waals surface area contributed by atoms with Crippen LogP contribution in [0, 0.1) is 11.3 Å². The predicted octanol–water partition coefficient (Wildman–Crippen LogP) is 2.89. The van der Waals surface area contributed by atoms with Crippen LogP contribution in [0.4, 0.5) is 5.82 Å². The van der Waals surface area contributed by atoms with Gasteiger partial charge in [-0.25, -0.2) is 4.98 Å². The number of nitrogens with two attached hydrogens (primary N) is 1. The standard InChI is InChI=1S/C23H22N4O3/c24-13-16-20(21-18(28)6-3-7-19(21)30-22(16)25)15-12-14-4-1-2-5-17(14)26-23(15)27-8-10-29-11-9-27/h1-2,4-5,12,20H,3,6-11,25H2. The molecule has 2 aliphatic heterocycles. The van der Waals surface area contributed by atoms with Gasteiger partial charge in [0.25, 0.3) is 0 Å². The Balaban J connectivity index is 1.77. The number of carbonyl (C=O) groups is 1. The van der Waals surface area contributed by atoms with Crippen LogP contribution < -0.4 is 10.6 Å². The number of benzene rings is 1. The molecule has 7 heteroatoms. The van der Waals surface area contributed by atoms with Crippen molar-refractivity contribution < 1.29 is 14.3 Å². The van der Waals surface area contributed by atoms with Gasteiger partial charge in [-0.15, -0.1) is 0 Å². The maximum Gasteiger partial charge on any atom is 0.205 e. The Bertz CT molecular complexity index is 1140. The molecule has 30 heavy (non-hydrogen) atoms. The summed E-state index contributed by atoms with van der Waals surface area (Å²) in [6, 6.07) is 12.1. The van der Waals surface area contributed by atoms with Crippen LogP contribution in [0.2, 0.25) is 0 Å². The van der Waals surface area contributed by atoms with Gasteiger partial charge in [0.1, 0.15) is 23.2 Å². The van der Waals surface area contributed by atoms with E-state index in [1.165, 1.54) is 0 Å². The lowest BCUT2D eigenvalue weighted by atomic mass is 9.77. The van der Waals surface area contributed by atoms with Crippen molar-refractivity contribution in [3.05, 3.63) is 58.7 Å². The minimum atomic E-state index is -0.568. The van der Waals surface area contributed by atoms with Crippen LogP contribution in [-0.2, 0) is 14.3 Å². The maximum absolute atomic E-state index is 13.0. The van der Waals surface area contributed by atoms with Crippen LogP contribution in [0.3, 0.4) is 0 Å². The first-order chi connectivity index (χ1) is 14.7. The Labute approximate surface area is 174 Å². The molecule has 2 N–H and O–H groups in total. The number of fused-ring (bicyclic) bond motifs is 1. The lowest BCUT2D eigenvalue weighted by Gasteiger charge is -2.35. The number of anilines is 1. The maximum atomic E-state index is 13.0. The van der Waals surface area contributed by atoms with E-state index in [4.69, 9.17) is 20.2 Å². The molecule has 1 unspecified atom stereocenters. The Hall–Kier alpha value is -3.37. The van der Waals surface area contributed by atoms with Gasteiger partial charge in [-0.1, -0.05) is 18.2 Å². The van der Waals surface area contributed by atoms with E-state index in [-0.39, 0.29) is 17.2 Å². The molecule has 1 aromatic heterocycles. The number of ketones is 1. The van der Waals surface area contributed by atoms with Crippen LogP contribution in [0.25, 0.3) is 10.9 Å². The van der Waals surface area contributed by atoms with Crippen molar-refractivity contribution in [1.29, 1.82) is 5.26 Å². The molecule has 0 radical (unpaired) electrons. The second kappa shape index (κ2) is 7.47. The number of rotatable bonds is 2. The van der Waals surface area contributed by atoms with Gasteiger partial charge >= 0.3 is 0 Å². The first-order valence-electron chi connectivity index (χ1n) is 10.2. The van der Waals surface area contributed by atoms with Gasteiger partial charge < -0.3 is 20.1 Å². The Morgan fingerprint density at radius 2 is 2.00 bits per heavy atom. The van der Waals surface area contributed by atoms with Crippen molar-refractivity contribution in [3.63, 3.8) is 0 Å². The highest BCUT2D eigenvalue weighted by atomic mass is 16.5. The number of ether oxygens (including phenoxy) is 2. The van der Waals surface area contributed by atoms with E-state index in [1.54, 1.807) is 0 Å². The van der Waals surface area contributed by atoms with Gasteiger partial charge in [0.05, 0.1) is 24.6 Å². The van der Waals surface area contributed by atoms with E-state index in [2.05, 4.69) is 11.0 Å². The average Bonchev–Trinajstić information content (AvgIpc) is 2.78. The number of hydrogen-bond acceptors (Lipinski definition) is 7. The lowest BCUT2D eigenvalue weighted by molar-refractivity contribution is -0.116. The molecule has 0 saturated carbocycles. The summed E-state index contributed by atoms with van der Waals surface area (Å²) in [5.74, 6) is 0.893. The smallest absolute Gasteiger partial charge is 0.205 e. The molecule has 1 saturated heterocycles. The number of allylic oxidation sites excluding steroid dienone is 3. The monoisotopic (exact) mass is 402 g/mol. The molecule has 0 bridgehead atoms. The third-order valence-corrected chi connectivity index (χ3v) is 5.96. The summed E-state index contributed by atoms with van der Waals surface area (Å²) in [5, 5.41) is 10.9. The number of pyridine rings is 1. The number of hydrogen-bond donors (Lipinski definition) is 1. The molecule has 0 amide bonds. The Kier molecular flexibility index (Phi) is 4.64. The third-order valence-electron chi connectivity index (χ3n) is 5.96. The fourth-order valence-electron chi connectivity index (χ4n) is 4.53. The second-order valence-corrected chi connectivity index (χ2v) is 7.73. The molecule has 1 atom stereocenters. The summed E-state index contributed by atoms with van der Waals surface area (Å²) in [7, 11) is 0. The normalized spacial score (nSPS) is 22.0. The fraction of sp³-hybridized carbons (Fsp3) is 0.348. The summed E-state index contributed by atoms with van der Waals surface area (Å²) in [6.45, 7) is 2.61. The number of para-hydroxylation sites is 1. The molecule has 7 nitrogen and oxygen atoms in total. The zero-order valence-electron chi connectivity index (χ0n) is 16.6. The molecule has 0 spiro atoms. The van der Waals surface area contributed by atoms with Crippen molar-refractivity contribution in [2.24, 2.45) is 5.73 Å². The molecule has 1 aromatic carbocycles. The van der Waals surface area contributed by atoms with Crippen LogP contribution in [0.15, 0.2) is 53.1 Å². The predicted molar refractivity (Wildman–Crippen MR) is 111 cm³/mol. The van der Waals surface area contributed by atoms with E-state index in [0.717, 1.165) is 28.7 Å². The SMILES string of the molecule is N#CC1=C(N)OC2=C(C(=O)CCC2)C1c1cc2ccccc2nc1N1CCOCC1. The van der Waals surface area contributed by atoms with Crippen molar-refractivity contribution in [3.8, 4) is 6.07 Å². The average molecular weight is 402 g/mol. The highest BCUT2D eigenvalue weighted by Crippen LogP contribution is 2.46. The van der Waals surface area contributed by atoms with Gasteiger partial charge in [-0.3, -0.25) is 4.79 Å². The van der Waals surface area contributed by atoms with E-state index >= 15 is 0 Å². The van der Waals surface area contributed by atoms with Crippen LogP contribution in [0.1, 0.15) is 30.7 Å². The second-order valence-electron chi connectivity index (χ2n) is 7.73. The van der Waals surface area contributed by atoms with Crippen molar-refractivity contribution in [2.75, 3.05) is 31.2 Å². The number of nitriles is 1. The molecule has 1 aliphatic carbocycles. The summed E-state index contributed by atoms with van der Waals surface area (Å²) >= 11 is 0. The van der Waals surface area contributed by atoms with Gasteiger partial charge in [-0.2, -0.15) is 5.26 Å². The molecule has 1 fully saturated rings. The number of aromatic nitrogens is 1. The highest BCUT2D eigenvalue weighted by Gasteiger charge is 2.40. The first kappa shape index (κ1) is 18.6. The quantitative estimate of drug-likeness (QED) is 0.824. The van der Waals surface area contributed by atoms with E-state index in [9.17, 15) is 10.1 Å². The fourth-order valence-corrected chi connectivity index (χ4v) is 4.53. The Morgan fingerprint density at radius 3 is 2.80 bits per heavy atom. The number of morpholine rings is 1. The summed E-state index contributed by atoms with van der Waals surface area (Å²) in [5.41, 5.74) is 8.66. The molecule has 5 rings (SSSR count). The molecule has 2 aromatic rings. The number of carbonyl (C=O) groups excluding carboxylic acids is 1. The topological polar surface area (TPSA) is 101 Å². The number of nitrogens with zero attached hydrogens (tertiary/aromatic N) is 3. The molecular formula is C23H22N4O3. The van der Waals surface area contributed by atoms with Crippen LogP contribution in [-0.4, -0.2) is 37.1 Å². The Morgan fingerprint density at radius 1 is 1.20 bits per heavy atom. The summed E-state index contributed by atoms with van der Waals surface area (Å²) in [4.78, 5) is 20.1. The highest BCUT2D eigenvalue weighted by molar-refractivity contribution is 6.00. The molecular weight excluding hydrogens is 380 g/mol. The minimum absolute atomic E-state index is 0.0163. The van der Waals surface area contributed by atoms with E-state index in [1.807, 2.05) is 30.3 Å². The first-order valence-corrected chi connectivity index (χ1v) is 10.2. The van der Waals surface area contributed by atoms with Crippen molar-refractivity contribution in [2.45, 2.75) is 25.2 Å². The zero-order valence-corrected chi connectivity index (χ0v) is 16.6. The largest absolute Gasteiger partial charge is 0.444 e. The van der Waals surface area contributed by atoms with Gasteiger partial charge in [0, 0.05) is 42.5 Å². The number of Topliss-reactive ketones (excluding diaryl/α,β-unsaturated/α-hetero) is 1. The zero-order chi connectivity index (χ0) is 20.7. The van der Waals surface area contributed by atoms with Gasteiger partial charge in [0.2, 0.25) is 5.88 Å². The van der Waals surface area contributed by atoms with Crippen LogP contribution in [0.5, 0.6) is 0 Å². The van der Waals surface area contributed by atoms with Crippen molar-refractivity contribution >= 4 is 22.5 Å². The van der Waals surface area contributed by atoms with Gasteiger partial charge in [0.15, 0.2) is 5.78 Å². The van der Waals surface area contributed by atoms with Crippen LogP contribution >= 0.6 is 0 Å². The third kappa shape index (κ3) is 3.01. The van der Waals surface area contributed by atoms with E-state index in [0.29, 0.717) is 50.5 Å². The molecule has 152 valence electrons. The van der Waals surface area contributed by atoms with Crippen molar-refractivity contribution in [1.82, 2.24) is 4.98 Å².